The van der Waals surface area contributed by atoms with E-state index in [9.17, 15) is 10.1 Å². The van der Waals surface area contributed by atoms with E-state index >= 15 is 0 Å². The molecular weight excluding hydrogens is 222 g/mol. The zero-order chi connectivity index (χ0) is 12.6. The summed E-state index contributed by atoms with van der Waals surface area (Å²) in [6.45, 7) is 3.60. The van der Waals surface area contributed by atoms with Crippen LogP contribution < -0.4 is 10.2 Å². The summed E-state index contributed by atoms with van der Waals surface area (Å²) in [5, 5.41) is 18.5. The van der Waals surface area contributed by atoms with Crippen molar-refractivity contribution in [3.63, 3.8) is 0 Å². The van der Waals surface area contributed by atoms with E-state index in [1.165, 1.54) is 0 Å². The monoisotopic (exact) mass is 239 g/mol. The molecule has 1 aliphatic rings. The molecule has 7 nitrogen and oxygen atoms in total. The molecule has 0 atom stereocenters. The number of nitrogens with one attached hydrogen (secondary N) is 1. The van der Waals surface area contributed by atoms with Gasteiger partial charge in [-0.2, -0.15) is 5.10 Å². The third-order valence-corrected chi connectivity index (χ3v) is 3.22. The van der Waals surface area contributed by atoms with Gasteiger partial charge in [-0.05, 0) is 6.42 Å². The van der Waals surface area contributed by atoms with Gasteiger partial charge < -0.3 is 10.2 Å². The van der Waals surface area contributed by atoms with E-state index in [2.05, 4.69) is 10.4 Å². The maximum Gasteiger partial charge on any atom is 0.334 e. The van der Waals surface area contributed by atoms with Gasteiger partial charge in [0.15, 0.2) is 0 Å². The van der Waals surface area contributed by atoms with Gasteiger partial charge in [0.05, 0.1) is 11.0 Å². The second-order valence-corrected chi connectivity index (χ2v) is 4.28. The van der Waals surface area contributed by atoms with Crippen molar-refractivity contribution in [3.05, 3.63) is 15.8 Å². The van der Waals surface area contributed by atoms with Gasteiger partial charge in [-0.25, -0.2) is 4.68 Å². The number of aryl methyl sites for hydroxylation is 2. The fraction of sp³-hybridized carbons (Fsp3) is 0.700. The maximum atomic E-state index is 11.2. The van der Waals surface area contributed by atoms with Gasteiger partial charge in [0.1, 0.15) is 5.69 Å². The van der Waals surface area contributed by atoms with E-state index in [1.807, 2.05) is 18.9 Å². The highest BCUT2D eigenvalue weighted by atomic mass is 16.6. The van der Waals surface area contributed by atoms with E-state index in [0.29, 0.717) is 24.0 Å². The standard InChI is InChI=1S/C10H17N5O2/c1-4-8-9(15(16)17)10(14(3)12-8)13(2)7-5-11-6-7/h7,11H,4-6H2,1-3H3. The molecule has 1 aromatic heterocycles. The third-order valence-electron chi connectivity index (χ3n) is 3.22. The number of hydrogen-bond donors (Lipinski definition) is 1. The molecule has 1 aliphatic heterocycles. The molecule has 0 saturated carbocycles. The van der Waals surface area contributed by atoms with Crippen molar-refractivity contribution in [2.45, 2.75) is 19.4 Å². The van der Waals surface area contributed by atoms with Crippen LogP contribution in [0, 0.1) is 10.1 Å². The van der Waals surface area contributed by atoms with Crippen LogP contribution in [0.15, 0.2) is 0 Å². The second kappa shape index (κ2) is 4.33. The largest absolute Gasteiger partial charge is 0.349 e. The van der Waals surface area contributed by atoms with Gasteiger partial charge in [0, 0.05) is 27.2 Å². The summed E-state index contributed by atoms with van der Waals surface area (Å²) in [6, 6.07) is 0.314. The molecule has 7 heteroatoms. The van der Waals surface area contributed by atoms with Crippen molar-refractivity contribution in [2.75, 3.05) is 25.0 Å². The van der Waals surface area contributed by atoms with Crippen molar-refractivity contribution in [1.82, 2.24) is 15.1 Å². The molecule has 0 spiro atoms. The summed E-state index contributed by atoms with van der Waals surface area (Å²) >= 11 is 0. The van der Waals surface area contributed by atoms with Gasteiger partial charge in [-0.1, -0.05) is 6.92 Å². The molecule has 0 bridgehead atoms. The summed E-state index contributed by atoms with van der Waals surface area (Å²) in [5.41, 5.74) is 0.691. The highest BCUT2D eigenvalue weighted by Gasteiger charge is 2.32. The Morgan fingerprint density at radius 3 is 2.71 bits per heavy atom. The number of likely N-dealkylation sites (N-methyl/N-ethyl adjacent to an activating group) is 1. The highest BCUT2D eigenvalue weighted by molar-refractivity contribution is 5.62. The molecule has 1 aromatic rings. The maximum absolute atomic E-state index is 11.2. The van der Waals surface area contributed by atoms with Crippen LogP contribution in [0.5, 0.6) is 0 Å². The second-order valence-electron chi connectivity index (χ2n) is 4.28. The molecule has 94 valence electrons. The smallest absolute Gasteiger partial charge is 0.334 e. The molecule has 0 aliphatic carbocycles. The van der Waals surface area contributed by atoms with Crippen LogP contribution >= 0.6 is 0 Å². The van der Waals surface area contributed by atoms with Crippen LogP contribution in [0.4, 0.5) is 11.5 Å². The first-order valence-corrected chi connectivity index (χ1v) is 5.70. The minimum atomic E-state index is -0.330. The highest BCUT2D eigenvalue weighted by Crippen LogP contribution is 2.32. The Morgan fingerprint density at radius 2 is 2.29 bits per heavy atom. The Labute approximate surface area is 99.6 Å². The fourth-order valence-electron chi connectivity index (χ4n) is 2.10. The van der Waals surface area contributed by atoms with Crippen LogP contribution in [0.2, 0.25) is 0 Å². The Hall–Kier alpha value is -1.63. The summed E-state index contributed by atoms with van der Waals surface area (Å²) in [7, 11) is 3.64. The van der Waals surface area contributed by atoms with Crippen molar-refractivity contribution in [3.8, 4) is 0 Å². The fourth-order valence-corrected chi connectivity index (χ4v) is 2.10. The lowest BCUT2D eigenvalue weighted by atomic mass is 10.1. The number of nitro groups is 1. The average Bonchev–Trinajstić information content (AvgIpc) is 2.52. The molecule has 2 heterocycles. The topological polar surface area (TPSA) is 76.2 Å². The number of aromatic nitrogens is 2. The Bertz CT molecular complexity index is 438. The minimum absolute atomic E-state index is 0.143. The van der Waals surface area contributed by atoms with Crippen molar-refractivity contribution < 1.29 is 4.92 Å². The third kappa shape index (κ3) is 1.86. The predicted molar refractivity (Wildman–Crippen MR) is 64.3 cm³/mol. The summed E-state index contributed by atoms with van der Waals surface area (Å²) < 4.78 is 1.61. The van der Waals surface area contributed by atoms with Crippen molar-refractivity contribution in [1.29, 1.82) is 0 Å². The first-order valence-electron chi connectivity index (χ1n) is 5.70. The molecule has 1 fully saturated rings. The molecule has 0 amide bonds. The van der Waals surface area contributed by atoms with Gasteiger partial charge in [-0.15, -0.1) is 0 Å². The van der Waals surface area contributed by atoms with Crippen molar-refractivity contribution >= 4 is 11.5 Å². The Kier molecular flexibility index (Phi) is 3.01. The SMILES string of the molecule is CCc1nn(C)c(N(C)C2CNC2)c1[N+](=O)[O-]. The zero-order valence-corrected chi connectivity index (χ0v) is 10.3. The quantitative estimate of drug-likeness (QED) is 0.604. The lowest BCUT2D eigenvalue weighted by Gasteiger charge is -2.36. The lowest BCUT2D eigenvalue weighted by molar-refractivity contribution is -0.384. The van der Waals surface area contributed by atoms with Crippen LogP contribution in [0.1, 0.15) is 12.6 Å². The molecule has 0 radical (unpaired) electrons. The lowest BCUT2D eigenvalue weighted by Crippen LogP contribution is -2.56. The number of anilines is 1. The molecule has 2 rings (SSSR count). The van der Waals surface area contributed by atoms with E-state index in [-0.39, 0.29) is 10.6 Å². The molecule has 0 unspecified atom stereocenters. The number of rotatable bonds is 4. The van der Waals surface area contributed by atoms with Crippen LogP contribution in [-0.4, -0.2) is 40.9 Å². The Balaban J connectivity index is 2.43. The molecule has 1 saturated heterocycles. The van der Waals surface area contributed by atoms with Crippen LogP contribution in [-0.2, 0) is 13.5 Å². The van der Waals surface area contributed by atoms with Gasteiger partial charge in [-0.3, -0.25) is 10.1 Å². The summed E-state index contributed by atoms with van der Waals surface area (Å²) in [4.78, 5) is 12.8. The molecule has 1 N–H and O–H groups in total. The molecule has 17 heavy (non-hydrogen) atoms. The average molecular weight is 239 g/mol. The molecular formula is C10H17N5O2. The Morgan fingerprint density at radius 1 is 1.65 bits per heavy atom. The van der Waals surface area contributed by atoms with Crippen LogP contribution in [0.3, 0.4) is 0 Å². The van der Waals surface area contributed by atoms with E-state index < -0.39 is 0 Å². The first-order chi connectivity index (χ1) is 8.06. The van der Waals surface area contributed by atoms with E-state index in [1.54, 1.807) is 11.7 Å². The van der Waals surface area contributed by atoms with Crippen LogP contribution in [0.25, 0.3) is 0 Å². The summed E-state index contributed by atoms with van der Waals surface area (Å²) in [6.07, 6.45) is 0.570. The number of nitrogens with zero attached hydrogens (tertiary/aromatic N) is 4. The van der Waals surface area contributed by atoms with E-state index in [4.69, 9.17) is 0 Å². The van der Waals surface area contributed by atoms with Gasteiger partial charge >= 0.3 is 5.69 Å². The predicted octanol–water partition coefficient (Wildman–Crippen LogP) is 0.299. The van der Waals surface area contributed by atoms with Gasteiger partial charge in [0.2, 0.25) is 5.82 Å². The zero-order valence-electron chi connectivity index (χ0n) is 10.3. The van der Waals surface area contributed by atoms with Crippen molar-refractivity contribution in [2.24, 2.45) is 7.05 Å². The minimum Gasteiger partial charge on any atom is -0.349 e. The molecule has 0 aromatic carbocycles. The number of hydrogen-bond acceptors (Lipinski definition) is 5. The normalized spacial score (nSPS) is 15.7. The van der Waals surface area contributed by atoms with E-state index in [0.717, 1.165) is 13.1 Å². The van der Waals surface area contributed by atoms with Gasteiger partial charge in [0.25, 0.3) is 0 Å². The first kappa shape index (κ1) is 11.8. The summed E-state index contributed by atoms with van der Waals surface area (Å²) in [5.74, 6) is 0.596.